The molecule has 0 atom stereocenters. The van der Waals surface area contributed by atoms with Crippen LogP contribution in [-0.2, 0) is 4.79 Å². The van der Waals surface area contributed by atoms with Crippen LogP contribution < -0.4 is 5.32 Å². The molecule has 0 saturated carbocycles. The van der Waals surface area contributed by atoms with E-state index in [1.54, 1.807) is 6.07 Å². The van der Waals surface area contributed by atoms with Gasteiger partial charge in [0.05, 0.1) is 0 Å². The molecule has 1 heterocycles. The molecule has 2 rings (SSSR count). The van der Waals surface area contributed by atoms with Gasteiger partial charge in [0, 0.05) is 18.2 Å². The van der Waals surface area contributed by atoms with E-state index in [0.717, 1.165) is 11.3 Å². The van der Waals surface area contributed by atoms with E-state index in [2.05, 4.69) is 15.5 Å². The van der Waals surface area contributed by atoms with E-state index in [0.29, 0.717) is 16.8 Å². The number of nitrogens with one attached hydrogen (secondary N) is 1. The van der Waals surface area contributed by atoms with Gasteiger partial charge >= 0.3 is 0 Å². The number of amides is 1. The van der Waals surface area contributed by atoms with Crippen LogP contribution in [0.5, 0.6) is 0 Å². The van der Waals surface area contributed by atoms with Crippen molar-refractivity contribution < 1.29 is 9.21 Å². The second-order valence-corrected chi connectivity index (χ2v) is 4.78. The largest absolute Gasteiger partial charge is 0.411 e. The van der Waals surface area contributed by atoms with E-state index >= 15 is 0 Å². The smallest absolute Gasteiger partial charge is 0.276 e. The van der Waals surface area contributed by atoms with Crippen molar-refractivity contribution in [2.45, 2.75) is 19.1 Å². The second-order valence-electron chi connectivity index (χ2n) is 3.57. The summed E-state index contributed by atoms with van der Waals surface area (Å²) in [6, 6.07) is 7.30. The summed E-state index contributed by atoms with van der Waals surface area (Å²) >= 11 is 1.50. The number of benzene rings is 1. The first-order valence-electron chi connectivity index (χ1n) is 5.53. The van der Waals surface area contributed by atoms with Crippen LogP contribution in [0.25, 0.3) is 11.5 Å². The van der Waals surface area contributed by atoms with Gasteiger partial charge in [0.2, 0.25) is 11.8 Å². The first kappa shape index (κ1) is 12.6. The third-order valence-electron chi connectivity index (χ3n) is 2.10. The Morgan fingerprint density at radius 2 is 2.28 bits per heavy atom. The van der Waals surface area contributed by atoms with Crippen LogP contribution in [-0.4, -0.2) is 21.9 Å². The van der Waals surface area contributed by atoms with E-state index in [-0.39, 0.29) is 5.91 Å². The van der Waals surface area contributed by atoms with E-state index in [4.69, 9.17) is 4.42 Å². The molecule has 0 spiro atoms. The Kier molecular flexibility index (Phi) is 3.99. The minimum absolute atomic E-state index is 0.111. The van der Waals surface area contributed by atoms with Gasteiger partial charge in [-0.2, -0.15) is 0 Å². The maximum Gasteiger partial charge on any atom is 0.276 e. The summed E-state index contributed by atoms with van der Waals surface area (Å²) in [7, 11) is 0. The van der Waals surface area contributed by atoms with Gasteiger partial charge in [-0.3, -0.25) is 4.79 Å². The summed E-state index contributed by atoms with van der Waals surface area (Å²) in [5.41, 5.74) is 1.50. The quantitative estimate of drug-likeness (QED) is 0.859. The van der Waals surface area contributed by atoms with E-state index < -0.39 is 0 Å². The number of rotatable bonds is 4. The lowest BCUT2D eigenvalue weighted by Crippen LogP contribution is -2.05. The lowest BCUT2D eigenvalue weighted by molar-refractivity contribution is -0.114. The zero-order valence-electron chi connectivity index (χ0n) is 10.1. The van der Waals surface area contributed by atoms with Gasteiger partial charge in [-0.05, 0) is 24.0 Å². The number of nitrogens with zero attached hydrogens (tertiary/aromatic N) is 2. The molecule has 0 aliphatic carbocycles. The molecule has 0 bridgehead atoms. The molecule has 6 heteroatoms. The Morgan fingerprint density at radius 1 is 1.44 bits per heavy atom. The van der Waals surface area contributed by atoms with Crippen LogP contribution in [0.1, 0.15) is 13.8 Å². The molecule has 1 amide bonds. The highest BCUT2D eigenvalue weighted by atomic mass is 32.2. The molecule has 0 saturated heterocycles. The standard InChI is InChI=1S/C12H13N3O2S/c1-3-18-12-15-14-11(17-12)9-5-4-6-10(7-9)13-8(2)16/h4-7H,3H2,1-2H3,(H,13,16). The second kappa shape index (κ2) is 5.68. The number of hydrogen-bond donors (Lipinski definition) is 1. The van der Waals surface area contributed by atoms with E-state index in [1.807, 2.05) is 25.1 Å². The third-order valence-corrected chi connectivity index (χ3v) is 2.80. The first-order chi connectivity index (χ1) is 8.69. The molecule has 94 valence electrons. The highest BCUT2D eigenvalue weighted by Gasteiger charge is 2.09. The predicted octanol–water partition coefficient (Wildman–Crippen LogP) is 2.81. The van der Waals surface area contributed by atoms with E-state index in [1.165, 1.54) is 18.7 Å². The van der Waals surface area contributed by atoms with Crippen molar-refractivity contribution in [2.75, 3.05) is 11.1 Å². The zero-order chi connectivity index (χ0) is 13.0. The summed E-state index contributed by atoms with van der Waals surface area (Å²) in [5, 5.41) is 11.2. The molecule has 0 aliphatic heterocycles. The molecule has 5 nitrogen and oxygen atoms in total. The maximum absolute atomic E-state index is 11.0. The molecule has 0 fully saturated rings. The van der Waals surface area contributed by atoms with Crippen LogP contribution in [0.2, 0.25) is 0 Å². The molecule has 2 aromatic rings. The topological polar surface area (TPSA) is 68.0 Å². The molecule has 18 heavy (non-hydrogen) atoms. The average Bonchev–Trinajstić information content (AvgIpc) is 2.78. The Hall–Kier alpha value is -1.82. The highest BCUT2D eigenvalue weighted by Crippen LogP contribution is 2.24. The molecule has 1 aromatic heterocycles. The Balaban J connectivity index is 2.23. The van der Waals surface area contributed by atoms with Gasteiger partial charge in [-0.1, -0.05) is 24.8 Å². The normalized spacial score (nSPS) is 10.3. The average molecular weight is 263 g/mol. The summed E-state index contributed by atoms with van der Waals surface area (Å²) in [6.45, 7) is 3.49. The summed E-state index contributed by atoms with van der Waals surface area (Å²) in [5.74, 6) is 1.23. The van der Waals surface area contributed by atoms with Crippen LogP contribution in [0.15, 0.2) is 33.9 Å². The Labute approximate surface area is 109 Å². The molecule has 0 aliphatic rings. The lowest BCUT2D eigenvalue weighted by atomic mass is 10.2. The van der Waals surface area contributed by atoms with Gasteiger partial charge < -0.3 is 9.73 Å². The molecule has 0 radical (unpaired) electrons. The zero-order valence-corrected chi connectivity index (χ0v) is 11.0. The molecule has 0 unspecified atom stereocenters. The monoisotopic (exact) mass is 263 g/mol. The van der Waals surface area contributed by atoms with Crippen LogP contribution in [0.3, 0.4) is 0 Å². The van der Waals surface area contributed by atoms with Gasteiger partial charge in [0.25, 0.3) is 5.22 Å². The SMILES string of the molecule is CCSc1nnc(-c2cccc(NC(C)=O)c2)o1. The van der Waals surface area contributed by atoms with Crippen LogP contribution >= 0.6 is 11.8 Å². The fraction of sp³-hybridized carbons (Fsp3) is 0.250. The first-order valence-corrected chi connectivity index (χ1v) is 6.52. The highest BCUT2D eigenvalue weighted by molar-refractivity contribution is 7.99. The van der Waals surface area contributed by atoms with Crippen LogP contribution in [0.4, 0.5) is 5.69 Å². The summed E-state index contributed by atoms with van der Waals surface area (Å²) < 4.78 is 5.50. The summed E-state index contributed by atoms with van der Waals surface area (Å²) in [6.07, 6.45) is 0. The van der Waals surface area contributed by atoms with Crippen molar-refractivity contribution in [1.29, 1.82) is 0 Å². The predicted molar refractivity (Wildman–Crippen MR) is 70.4 cm³/mol. The molecular formula is C12H13N3O2S. The van der Waals surface area contributed by atoms with Crippen molar-refractivity contribution in [1.82, 2.24) is 10.2 Å². The number of anilines is 1. The molecular weight excluding hydrogens is 250 g/mol. The van der Waals surface area contributed by atoms with Crippen molar-refractivity contribution in [3.05, 3.63) is 24.3 Å². The fourth-order valence-electron chi connectivity index (χ4n) is 1.44. The minimum atomic E-state index is -0.111. The number of carbonyl (C=O) groups is 1. The lowest BCUT2D eigenvalue weighted by Gasteiger charge is -2.02. The van der Waals surface area contributed by atoms with Crippen molar-refractivity contribution >= 4 is 23.4 Å². The fourth-order valence-corrected chi connectivity index (χ4v) is 1.92. The van der Waals surface area contributed by atoms with Gasteiger partial charge in [-0.25, -0.2) is 0 Å². The minimum Gasteiger partial charge on any atom is -0.411 e. The summed E-state index contributed by atoms with van der Waals surface area (Å²) in [4.78, 5) is 11.0. The van der Waals surface area contributed by atoms with Crippen molar-refractivity contribution in [2.24, 2.45) is 0 Å². The van der Waals surface area contributed by atoms with Crippen LogP contribution in [0, 0.1) is 0 Å². The maximum atomic E-state index is 11.0. The number of hydrogen-bond acceptors (Lipinski definition) is 5. The number of thioether (sulfide) groups is 1. The van der Waals surface area contributed by atoms with Crippen molar-refractivity contribution in [3.63, 3.8) is 0 Å². The van der Waals surface area contributed by atoms with Gasteiger partial charge in [0.15, 0.2) is 0 Å². The Morgan fingerprint density at radius 3 is 3.00 bits per heavy atom. The van der Waals surface area contributed by atoms with Crippen molar-refractivity contribution in [3.8, 4) is 11.5 Å². The Bertz CT molecular complexity index is 554. The molecule has 1 N–H and O–H groups in total. The van der Waals surface area contributed by atoms with Gasteiger partial charge in [-0.15, -0.1) is 10.2 Å². The number of carbonyl (C=O) groups excluding carboxylic acids is 1. The van der Waals surface area contributed by atoms with Gasteiger partial charge in [0.1, 0.15) is 0 Å². The molecule has 1 aromatic carbocycles. The number of aromatic nitrogens is 2. The van der Waals surface area contributed by atoms with E-state index in [9.17, 15) is 4.79 Å². The third kappa shape index (κ3) is 3.10.